The van der Waals surface area contributed by atoms with Crippen LogP contribution in [0.1, 0.15) is 26.3 Å². The van der Waals surface area contributed by atoms with Crippen LogP contribution in [0.15, 0.2) is 24.3 Å². The second-order valence-electron chi connectivity index (χ2n) is 5.87. The van der Waals surface area contributed by atoms with Gasteiger partial charge in [-0.3, -0.25) is 4.79 Å². The van der Waals surface area contributed by atoms with Crippen LogP contribution in [-0.4, -0.2) is 31.7 Å². The van der Waals surface area contributed by atoms with E-state index in [1.165, 1.54) is 0 Å². The molecule has 1 fully saturated rings. The normalized spacial score (nSPS) is 19.1. The van der Waals surface area contributed by atoms with Crippen LogP contribution in [0, 0.1) is 0 Å². The topological polar surface area (TPSA) is 50.4 Å². The molecule has 1 aromatic carbocycles. The Labute approximate surface area is 126 Å². The average Bonchev–Trinajstić information content (AvgIpc) is 2.39. The highest BCUT2D eigenvalue weighted by molar-refractivity contribution is 5.95. The van der Waals surface area contributed by atoms with E-state index in [4.69, 9.17) is 4.74 Å². The lowest BCUT2D eigenvalue weighted by Crippen LogP contribution is -2.49. The van der Waals surface area contributed by atoms with Gasteiger partial charge in [0.25, 0.3) is 0 Å². The molecule has 0 aromatic heterocycles. The first-order chi connectivity index (χ1) is 8.98. The Balaban J connectivity index is 0.00000200. The Kier molecular flexibility index (Phi) is 5.99. The summed E-state index contributed by atoms with van der Waals surface area (Å²) >= 11 is 0. The molecule has 1 atom stereocenters. The molecule has 1 aliphatic rings. The summed E-state index contributed by atoms with van der Waals surface area (Å²) in [6.07, 6.45) is 0. The summed E-state index contributed by atoms with van der Waals surface area (Å²) < 4.78 is 5.32. The molecule has 0 spiro atoms. The van der Waals surface area contributed by atoms with Gasteiger partial charge >= 0.3 is 0 Å². The van der Waals surface area contributed by atoms with Crippen LogP contribution < -0.4 is 10.6 Å². The van der Waals surface area contributed by atoms with E-state index >= 15 is 0 Å². The SMILES string of the molecule is CC(C)(C)c1ccccc1NC(=O)C1COCCN1.Cl. The fourth-order valence-corrected chi connectivity index (χ4v) is 2.20. The maximum absolute atomic E-state index is 12.2. The van der Waals surface area contributed by atoms with Crippen LogP contribution in [0.25, 0.3) is 0 Å². The minimum atomic E-state index is -0.262. The molecule has 5 heteroatoms. The number of anilines is 1. The fourth-order valence-electron chi connectivity index (χ4n) is 2.20. The first-order valence-corrected chi connectivity index (χ1v) is 6.70. The van der Waals surface area contributed by atoms with Gasteiger partial charge in [-0.2, -0.15) is 0 Å². The Bertz CT molecular complexity index is 451. The quantitative estimate of drug-likeness (QED) is 0.881. The van der Waals surface area contributed by atoms with Gasteiger partial charge in [-0.15, -0.1) is 12.4 Å². The molecule has 1 amide bonds. The zero-order valence-corrected chi connectivity index (χ0v) is 13.0. The highest BCUT2D eigenvalue weighted by Crippen LogP contribution is 2.29. The van der Waals surface area contributed by atoms with Gasteiger partial charge < -0.3 is 15.4 Å². The van der Waals surface area contributed by atoms with E-state index in [-0.39, 0.29) is 29.8 Å². The van der Waals surface area contributed by atoms with Gasteiger partial charge in [0.15, 0.2) is 0 Å². The Morgan fingerprint density at radius 2 is 2.05 bits per heavy atom. The van der Waals surface area contributed by atoms with Crippen LogP contribution >= 0.6 is 12.4 Å². The number of morpholine rings is 1. The number of amides is 1. The van der Waals surface area contributed by atoms with E-state index in [2.05, 4.69) is 37.5 Å². The number of ether oxygens (including phenoxy) is 1. The molecule has 1 aromatic rings. The van der Waals surface area contributed by atoms with Gasteiger partial charge in [-0.05, 0) is 17.0 Å². The molecule has 4 nitrogen and oxygen atoms in total. The van der Waals surface area contributed by atoms with Gasteiger partial charge in [0.1, 0.15) is 6.04 Å². The van der Waals surface area contributed by atoms with Crippen molar-refractivity contribution in [3.05, 3.63) is 29.8 Å². The molecule has 0 bridgehead atoms. The van der Waals surface area contributed by atoms with Gasteiger partial charge in [-0.25, -0.2) is 0 Å². The number of benzene rings is 1. The van der Waals surface area contributed by atoms with Gasteiger partial charge in [0.2, 0.25) is 5.91 Å². The van der Waals surface area contributed by atoms with E-state index in [1.807, 2.05) is 18.2 Å². The number of rotatable bonds is 2. The second-order valence-corrected chi connectivity index (χ2v) is 5.87. The van der Waals surface area contributed by atoms with E-state index in [9.17, 15) is 4.79 Å². The summed E-state index contributed by atoms with van der Waals surface area (Å²) in [5.41, 5.74) is 2.02. The molecule has 2 rings (SSSR count). The summed E-state index contributed by atoms with van der Waals surface area (Å²) in [6.45, 7) is 8.24. The summed E-state index contributed by atoms with van der Waals surface area (Å²) in [6, 6.07) is 7.68. The first kappa shape index (κ1) is 17.0. The van der Waals surface area contributed by atoms with Gasteiger partial charge in [0.05, 0.1) is 13.2 Å². The Morgan fingerprint density at radius 1 is 1.35 bits per heavy atom. The molecule has 20 heavy (non-hydrogen) atoms. The number of hydrogen-bond donors (Lipinski definition) is 2. The number of hydrogen-bond acceptors (Lipinski definition) is 3. The highest BCUT2D eigenvalue weighted by atomic mass is 35.5. The molecule has 1 aliphatic heterocycles. The fraction of sp³-hybridized carbons (Fsp3) is 0.533. The van der Waals surface area contributed by atoms with Crippen molar-refractivity contribution >= 4 is 24.0 Å². The molecule has 0 radical (unpaired) electrons. The van der Waals surface area contributed by atoms with Crippen molar-refractivity contribution in [2.45, 2.75) is 32.2 Å². The smallest absolute Gasteiger partial charge is 0.243 e. The number of carbonyl (C=O) groups is 1. The molecule has 1 heterocycles. The first-order valence-electron chi connectivity index (χ1n) is 6.70. The summed E-state index contributed by atoms with van der Waals surface area (Å²) in [7, 11) is 0. The number of halogens is 1. The average molecular weight is 299 g/mol. The predicted octanol–water partition coefficient (Wildman–Crippen LogP) is 2.33. The summed E-state index contributed by atoms with van der Waals surface area (Å²) in [5.74, 6) is -0.0311. The molecule has 1 unspecified atom stereocenters. The van der Waals surface area contributed by atoms with Crippen molar-refractivity contribution in [2.75, 3.05) is 25.1 Å². The number of nitrogens with one attached hydrogen (secondary N) is 2. The van der Waals surface area contributed by atoms with E-state index in [1.54, 1.807) is 0 Å². The predicted molar refractivity (Wildman–Crippen MR) is 83.6 cm³/mol. The largest absolute Gasteiger partial charge is 0.378 e. The van der Waals surface area contributed by atoms with Crippen LogP contribution in [0.2, 0.25) is 0 Å². The number of carbonyl (C=O) groups excluding carboxylic acids is 1. The second kappa shape index (κ2) is 7.07. The third kappa shape index (κ3) is 4.20. The molecule has 1 saturated heterocycles. The summed E-state index contributed by atoms with van der Waals surface area (Å²) in [4.78, 5) is 12.2. The molecule has 2 N–H and O–H groups in total. The van der Waals surface area contributed by atoms with Crippen LogP contribution in [0.4, 0.5) is 5.69 Å². The lowest BCUT2D eigenvalue weighted by Gasteiger charge is -2.26. The molecule has 112 valence electrons. The summed E-state index contributed by atoms with van der Waals surface area (Å²) in [5, 5.41) is 6.17. The van der Waals surface area contributed by atoms with Gasteiger partial charge in [-0.1, -0.05) is 39.0 Å². The van der Waals surface area contributed by atoms with Crippen molar-refractivity contribution in [2.24, 2.45) is 0 Å². The van der Waals surface area contributed by atoms with Crippen LogP contribution in [-0.2, 0) is 14.9 Å². The van der Waals surface area contributed by atoms with Gasteiger partial charge in [0, 0.05) is 12.2 Å². The number of para-hydroxylation sites is 1. The van der Waals surface area contributed by atoms with Crippen molar-refractivity contribution in [1.82, 2.24) is 5.32 Å². The molecule has 0 saturated carbocycles. The lowest BCUT2D eigenvalue weighted by molar-refractivity contribution is -0.120. The van der Waals surface area contributed by atoms with Crippen LogP contribution in [0.5, 0.6) is 0 Å². The van der Waals surface area contributed by atoms with Crippen molar-refractivity contribution in [1.29, 1.82) is 0 Å². The third-order valence-corrected chi connectivity index (χ3v) is 3.23. The van der Waals surface area contributed by atoms with E-state index in [0.717, 1.165) is 17.8 Å². The minimum absolute atomic E-state index is 0. The van der Waals surface area contributed by atoms with Crippen LogP contribution in [0.3, 0.4) is 0 Å². The zero-order chi connectivity index (χ0) is 13.9. The van der Waals surface area contributed by atoms with E-state index < -0.39 is 0 Å². The maximum atomic E-state index is 12.2. The standard InChI is InChI=1S/C15H22N2O2.ClH/c1-15(2,3)11-6-4-5-7-12(11)17-14(18)13-10-19-9-8-16-13;/h4-7,13,16H,8-10H2,1-3H3,(H,17,18);1H. The van der Waals surface area contributed by atoms with Crippen molar-refractivity contribution < 1.29 is 9.53 Å². The van der Waals surface area contributed by atoms with E-state index in [0.29, 0.717) is 13.2 Å². The Hall–Kier alpha value is -1.10. The minimum Gasteiger partial charge on any atom is -0.378 e. The molecular weight excluding hydrogens is 276 g/mol. The molecule has 0 aliphatic carbocycles. The lowest BCUT2D eigenvalue weighted by atomic mass is 9.86. The zero-order valence-electron chi connectivity index (χ0n) is 12.2. The maximum Gasteiger partial charge on any atom is 0.243 e. The van der Waals surface area contributed by atoms with Crippen molar-refractivity contribution in [3.63, 3.8) is 0 Å². The highest BCUT2D eigenvalue weighted by Gasteiger charge is 2.23. The third-order valence-electron chi connectivity index (χ3n) is 3.23. The van der Waals surface area contributed by atoms with Crippen molar-refractivity contribution in [3.8, 4) is 0 Å². The monoisotopic (exact) mass is 298 g/mol. The Morgan fingerprint density at radius 3 is 2.65 bits per heavy atom. The molecular formula is C15H23ClN2O2.